The van der Waals surface area contributed by atoms with E-state index in [0.29, 0.717) is 0 Å². The molecule has 0 aliphatic carbocycles. The van der Waals surface area contributed by atoms with Crippen molar-refractivity contribution in [3.8, 4) is 0 Å². The maximum atomic E-state index is 5.73. The molecule has 1 aromatic heterocycles. The predicted octanol–water partition coefficient (Wildman–Crippen LogP) is 1.62. The first kappa shape index (κ1) is 17.2. The van der Waals surface area contributed by atoms with Crippen molar-refractivity contribution in [2.45, 2.75) is 38.8 Å². The molecule has 124 valence electrons. The van der Waals surface area contributed by atoms with E-state index in [2.05, 4.69) is 20.6 Å². The van der Waals surface area contributed by atoms with E-state index in [-0.39, 0.29) is 5.60 Å². The van der Waals surface area contributed by atoms with Crippen LogP contribution in [-0.2, 0) is 16.0 Å². The summed E-state index contributed by atoms with van der Waals surface area (Å²) < 4.78 is 11.1. The summed E-state index contributed by atoms with van der Waals surface area (Å²) >= 11 is 1.72. The molecule has 2 heterocycles. The Balaban J connectivity index is 1.85. The van der Waals surface area contributed by atoms with Gasteiger partial charge in [0.25, 0.3) is 0 Å². The molecule has 0 bridgehead atoms. The Morgan fingerprint density at radius 2 is 2.09 bits per heavy atom. The normalized spacial score (nSPS) is 18.3. The van der Waals surface area contributed by atoms with Gasteiger partial charge >= 0.3 is 0 Å². The van der Waals surface area contributed by atoms with Crippen LogP contribution in [0.1, 0.15) is 28.4 Å². The Kier molecular flexibility index (Phi) is 6.16. The van der Waals surface area contributed by atoms with Crippen molar-refractivity contribution in [2.75, 3.05) is 33.9 Å². The van der Waals surface area contributed by atoms with E-state index >= 15 is 0 Å². The summed E-state index contributed by atoms with van der Waals surface area (Å²) in [6.45, 7) is 7.04. The lowest BCUT2D eigenvalue weighted by atomic mass is 9.94. The highest BCUT2D eigenvalue weighted by Gasteiger charge is 2.32. The van der Waals surface area contributed by atoms with Gasteiger partial charge < -0.3 is 20.1 Å². The molecule has 0 saturated carbocycles. The van der Waals surface area contributed by atoms with E-state index < -0.39 is 0 Å². The second-order valence-corrected chi connectivity index (χ2v) is 6.81. The Labute approximate surface area is 136 Å². The summed E-state index contributed by atoms with van der Waals surface area (Å²) in [5.41, 5.74) is 0.926. The van der Waals surface area contributed by atoms with Crippen molar-refractivity contribution in [1.82, 2.24) is 15.6 Å². The van der Waals surface area contributed by atoms with Gasteiger partial charge in [-0.25, -0.2) is 4.98 Å². The zero-order chi connectivity index (χ0) is 16.0. The van der Waals surface area contributed by atoms with Crippen LogP contribution in [0, 0.1) is 13.8 Å². The minimum atomic E-state index is -0.160. The highest BCUT2D eigenvalue weighted by atomic mass is 32.1. The molecular weight excluding hydrogens is 300 g/mol. The highest BCUT2D eigenvalue weighted by molar-refractivity contribution is 7.11. The zero-order valence-corrected chi connectivity index (χ0v) is 14.7. The smallest absolute Gasteiger partial charge is 0.191 e. The van der Waals surface area contributed by atoms with Gasteiger partial charge in [-0.05, 0) is 13.8 Å². The Hall–Kier alpha value is -1.18. The molecule has 0 atom stereocenters. The number of aromatic nitrogens is 1. The minimum Gasteiger partial charge on any atom is -0.381 e. The molecule has 22 heavy (non-hydrogen) atoms. The lowest BCUT2D eigenvalue weighted by molar-refractivity contribution is -0.0855. The van der Waals surface area contributed by atoms with Gasteiger partial charge in [0.1, 0.15) is 0 Å². The fourth-order valence-corrected chi connectivity index (χ4v) is 3.44. The maximum absolute atomic E-state index is 5.73. The van der Waals surface area contributed by atoms with E-state index in [1.54, 1.807) is 25.5 Å². The lowest BCUT2D eigenvalue weighted by Crippen LogP contribution is -2.50. The van der Waals surface area contributed by atoms with Gasteiger partial charge in [-0.2, -0.15) is 0 Å². The van der Waals surface area contributed by atoms with Crippen LogP contribution in [0.15, 0.2) is 4.99 Å². The quantitative estimate of drug-likeness (QED) is 0.636. The van der Waals surface area contributed by atoms with Crippen molar-refractivity contribution < 1.29 is 9.47 Å². The van der Waals surface area contributed by atoms with E-state index in [9.17, 15) is 0 Å². The number of thiazole rings is 1. The number of guanidine groups is 1. The number of rotatable bonds is 5. The summed E-state index contributed by atoms with van der Waals surface area (Å²) in [6, 6.07) is 0. The number of methoxy groups -OCH3 is 1. The summed E-state index contributed by atoms with van der Waals surface area (Å²) in [7, 11) is 3.55. The van der Waals surface area contributed by atoms with Crippen molar-refractivity contribution in [2.24, 2.45) is 4.99 Å². The van der Waals surface area contributed by atoms with Crippen LogP contribution in [0.2, 0.25) is 0 Å². The molecule has 0 spiro atoms. The first-order valence-electron chi connectivity index (χ1n) is 7.59. The van der Waals surface area contributed by atoms with Gasteiger partial charge in [0.2, 0.25) is 0 Å². The SMILES string of the molecule is CN=C(NCc1sc(C)nc1C)NCC1(OC)CCOCC1. The number of hydrogen-bond donors (Lipinski definition) is 2. The van der Waals surface area contributed by atoms with Gasteiger partial charge in [0.15, 0.2) is 5.96 Å². The van der Waals surface area contributed by atoms with Crippen molar-refractivity contribution in [3.05, 3.63) is 15.6 Å². The molecule has 1 aliphatic rings. The lowest BCUT2D eigenvalue weighted by Gasteiger charge is -2.36. The van der Waals surface area contributed by atoms with Crippen LogP contribution in [0.3, 0.4) is 0 Å². The van der Waals surface area contributed by atoms with Gasteiger partial charge in [0.05, 0.1) is 22.8 Å². The zero-order valence-electron chi connectivity index (χ0n) is 13.9. The number of aliphatic imine (C=N–C) groups is 1. The minimum absolute atomic E-state index is 0.160. The molecule has 1 saturated heterocycles. The molecule has 1 aromatic rings. The summed E-state index contributed by atoms with van der Waals surface area (Å²) in [5, 5.41) is 7.81. The Morgan fingerprint density at radius 3 is 2.64 bits per heavy atom. The monoisotopic (exact) mass is 326 g/mol. The van der Waals surface area contributed by atoms with Gasteiger partial charge in [-0.1, -0.05) is 0 Å². The fraction of sp³-hybridized carbons (Fsp3) is 0.733. The topological polar surface area (TPSA) is 67.8 Å². The Bertz CT molecular complexity index is 510. The average Bonchev–Trinajstić information content (AvgIpc) is 2.86. The molecule has 0 amide bonds. The number of hydrogen-bond acceptors (Lipinski definition) is 5. The fourth-order valence-electron chi connectivity index (χ4n) is 2.56. The molecule has 1 fully saturated rings. The first-order valence-corrected chi connectivity index (χ1v) is 8.40. The summed E-state index contributed by atoms with van der Waals surface area (Å²) in [6.07, 6.45) is 1.81. The predicted molar refractivity (Wildman–Crippen MR) is 89.6 cm³/mol. The molecule has 0 aromatic carbocycles. The number of nitrogens with one attached hydrogen (secondary N) is 2. The molecule has 6 nitrogen and oxygen atoms in total. The second-order valence-electron chi connectivity index (χ2n) is 5.52. The summed E-state index contributed by atoms with van der Waals surface area (Å²) in [5.74, 6) is 0.786. The molecule has 2 rings (SSSR count). The van der Waals surface area contributed by atoms with Crippen LogP contribution < -0.4 is 10.6 Å². The third kappa shape index (κ3) is 4.41. The number of nitrogens with zero attached hydrogens (tertiary/aromatic N) is 2. The summed E-state index contributed by atoms with van der Waals surface area (Å²) in [4.78, 5) is 9.97. The van der Waals surface area contributed by atoms with Gasteiger partial charge in [0, 0.05) is 51.6 Å². The molecular formula is C15H26N4O2S. The van der Waals surface area contributed by atoms with Crippen LogP contribution >= 0.6 is 11.3 Å². The van der Waals surface area contributed by atoms with Crippen LogP contribution in [-0.4, -0.2) is 50.5 Å². The first-order chi connectivity index (χ1) is 10.6. The molecule has 0 unspecified atom stereocenters. The standard InChI is InChI=1S/C15H26N4O2S/c1-11-13(22-12(2)19-11)9-17-14(16-3)18-10-15(20-4)5-7-21-8-6-15/h5-10H2,1-4H3,(H2,16,17,18). The highest BCUT2D eigenvalue weighted by Crippen LogP contribution is 2.23. The van der Waals surface area contributed by atoms with Crippen molar-refractivity contribution in [1.29, 1.82) is 0 Å². The van der Waals surface area contributed by atoms with Crippen molar-refractivity contribution >= 4 is 17.3 Å². The average molecular weight is 326 g/mol. The molecule has 0 radical (unpaired) electrons. The van der Waals surface area contributed by atoms with E-state index in [0.717, 1.165) is 55.8 Å². The second kappa shape index (κ2) is 7.89. The van der Waals surface area contributed by atoms with Crippen molar-refractivity contribution in [3.63, 3.8) is 0 Å². The third-order valence-electron chi connectivity index (χ3n) is 4.05. The van der Waals surface area contributed by atoms with Crippen LogP contribution in [0.25, 0.3) is 0 Å². The van der Waals surface area contributed by atoms with Gasteiger partial charge in [-0.3, -0.25) is 4.99 Å². The van der Waals surface area contributed by atoms with Crippen LogP contribution in [0.5, 0.6) is 0 Å². The largest absolute Gasteiger partial charge is 0.381 e. The number of aryl methyl sites for hydroxylation is 2. The molecule has 7 heteroatoms. The third-order valence-corrected chi connectivity index (χ3v) is 5.13. The van der Waals surface area contributed by atoms with Gasteiger partial charge in [-0.15, -0.1) is 11.3 Å². The maximum Gasteiger partial charge on any atom is 0.191 e. The molecule has 2 N–H and O–H groups in total. The molecule has 1 aliphatic heterocycles. The van der Waals surface area contributed by atoms with E-state index in [1.165, 1.54) is 4.88 Å². The van der Waals surface area contributed by atoms with E-state index in [1.807, 2.05) is 13.8 Å². The Morgan fingerprint density at radius 1 is 1.36 bits per heavy atom. The van der Waals surface area contributed by atoms with Crippen LogP contribution in [0.4, 0.5) is 0 Å². The number of ether oxygens (including phenoxy) is 2. The van der Waals surface area contributed by atoms with E-state index in [4.69, 9.17) is 9.47 Å².